The number of nitrogens with zero attached hydrogens (tertiary/aromatic N) is 2. The van der Waals surface area contributed by atoms with Crippen molar-refractivity contribution < 1.29 is 4.74 Å². The van der Waals surface area contributed by atoms with Gasteiger partial charge in [0, 0.05) is 12.0 Å². The Morgan fingerprint density at radius 2 is 1.96 bits per heavy atom. The molecule has 0 saturated heterocycles. The molecule has 5 nitrogen and oxygen atoms in total. The highest BCUT2D eigenvalue weighted by Crippen LogP contribution is 2.29. The first-order valence-corrected chi connectivity index (χ1v) is 8.85. The first-order valence-electron chi connectivity index (χ1n) is 8.85. The second kappa shape index (κ2) is 7.88. The molecule has 0 fully saturated rings. The Kier molecular flexibility index (Phi) is 5.37. The largest absolute Gasteiger partial charge is 0.457 e. The number of hydrogen-bond acceptors (Lipinski definition) is 4. The minimum Gasteiger partial charge on any atom is -0.457 e. The quantitative estimate of drug-likeness (QED) is 0.740. The second-order valence-electron chi connectivity index (χ2n) is 6.59. The molecule has 0 bridgehead atoms. The molecule has 0 saturated carbocycles. The predicted molar refractivity (Wildman–Crippen MR) is 104 cm³/mol. The summed E-state index contributed by atoms with van der Waals surface area (Å²) < 4.78 is 6.12. The summed E-state index contributed by atoms with van der Waals surface area (Å²) in [7, 11) is 0. The van der Waals surface area contributed by atoms with Gasteiger partial charge < -0.3 is 4.74 Å². The summed E-state index contributed by atoms with van der Waals surface area (Å²) in [5, 5.41) is 15.8. The van der Waals surface area contributed by atoms with Crippen molar-refractivity contribution in [3.05, 3.63) is 86.3 Å². The molecule has 0 spiro atoms. The van der Waals surface area contributed by atoms with Crippen LogP contribution >= 0.6 is 0 Å². The van der Waals surface area contributed by atoms with Crippen LogP contribution in [0.3, 0.4) is 0 Å². The van der Waals surface area contributed by atoms with E-state index in [0.29, 0.717) is 23.3 Å². The van der Waals surface area contributed by atoms with Crippen molar-refractivity contribution in [1.82, 2.24) is 10.2 Å². The van der Waals surface area contributed by atoms with Crippen LogP contribution in [-0.2, 0) is 12.8 Å². The molecular weight excluding hydrogens is 338 g/mol. The third-order valence-corrected chi connectivity index (χ3v) is 4.35. The van der Waals surface area contributed by atoms with Gasteiger partial charge in [0.1, 0.15) is 11.5 Å². The highest BCUT2D eigenvalue weighted by atomic mass is 16.5. The topological polar surface area (TPSA) is 78.8 Å². The first kappa shape index (κ1) is 18.4. The number of nitriles is 1. The maximum absolute atomic E-state index is 11.5. The molecule has 2 aromatic carbocycles. The van der Waals surface area contributed by atoms with Gasteiger partial charge in [0.2, 0.25) is 0 Å². The third kappa shape index (κ3) is 4.42. The van der Waals surface area contributed by atoms with Crippen LogP contribution in [0.1, 0.15) is 40.4 Å². The summed E-state index contributed by atoms with van der Waals surface area (Å²) in [6, 6.07) is 15.5. The summed E-state index contributed by atoms with van der Waals surface area (Å²) in [6.45, 7) is 5.78. The monoisotopic (exact) mass is 359 g/mol. The van der Waals surface area contributed by atoms with E-state index in [-0.39, 0.29) is 5.56 Å². The number of aromatic nitrogens is 2. The summed E-state index contributed by atoms with van der Waals surface area (Å²) >= 11 is 0. The zero-order chi connectivity index (χ0) is 19.4. The molecule has 1 aromatic heterocycles. The van der Waals surface area contributed by atoms with Gasteiger partial charge >= 0.3 is 0 Å². The van der Waals surface area contributed by atoms with Crippen LogP contribution in [0.2, 0.25) is 0 Å². The Morgan fingerprint density at radius 1 is 1.15 bits per heavy atom. The van der Waals surface area contributed by atoms with Gasteiger partial charge in [-0.2, -0.15) is 10.4 Å². The lowest BCUT2D eigenvalue weighted by Crippen LogP contribution is -2.12. The van der Waals surface area contributed by atoms with Crippen molar-refractivity contribution in [2.45, 2.75) is 33.6 Å². The number of ether oxygens (including phenoxy) is 1. The fourth-order valence-electron chi connectivity index (χ4n) is 2.95. The molecule has 0 aliphatic heterocycles. The molecule has 0 radical (unpaired) electrons. The van der Waals surface area contributed by atoms with Gasteiger partial charge in [0.05, 0.1) is 17.3 Å². The SMILES string of the molecule is CCc1ccc(Cc2cc(C)c(=O)[nH]n2)cc1Oc1cc(C)cc(C#N)c1. The Labute approximate surface area is 158 Å². The van der Waals surface area contributed by atoms with Crippen LogP contribution in [0.4, 0.5) is 0 Å². The van der Waals surface area contributed by atoms with Crippen LogP contribution < -0.4 is 10.3 Å². The van der Waals surface area contributed by atoms with Crippen molar-refractivity contribution in [1.29, 1.82) is 5.26 Å². The molecule has 0 aliphatic rings. The van der Waals surface area contributed by atoms with Crippen LogP contribution in [0.5, 0.6) is 11.5 Å². The highest BCUT2D eigenvalue weighted by molar-refractivity contribution is 5.45. The van der Waals surface area contributed by atoms with Crippen LogP contribution in [0, 0.1) is 25.2 Å². The van der Waals surface area contributed by atoms with Gasteiger partial charge in [0.15, 0.2) is 0 Å². The molecule has 1 heterocycles. The van der Waals surface area contributed by atoms with Crippen molar-refractivity contribution in [3.8, 4) is 17.6 Å². The standard InChI is InChI=1S/C22H21N3O2/c1-4-18-6-5-16(10-19-9-15(3)22(26)25-24-19)12-21(18)27-20-8-14(2)7-17(11-20)13-23/h5-9,11-12H,4,10H2,1-3H3,(H,25,26). The molecule has 0 amide bonds. The van der Waals surface area contributed by atoms with Crippen molar-refractivity contribution in [2.75, 3.05) is 0 Å². The molecule has 0 unspecified atom stereocenters. The maximum Gasteiger partial charge on any atom is 0.267 e. The van der Waals surface area contributed by atoms with E-state index in [1.54, 1.807) is 19.1 Å². The Bertz CT molecular complexity index is 1080. The fourth-order valence-corrected chi connectivity index (χ4v) is 2.95. The molecular formula is C22H21N3O2. The number of rotatable bonds is 5. The van der Waals surface area contributed by atoms with Crippen LogP contribution in [0.25, 0.3) is 0 Å². The minimum atomic E-state index is -0.170. The smallest absolute Gasteiger partial charge is 0.267 e. The van der Waals surface area contributed by atoms with Gasteiger partial charge in [-0.05, 0) is 67.3 Å². The van der Waals surface area contributed by atoms with E-state index in [2.05, 4.69) is 23.2 Å². The number of hydrogen-bond donors (Lipinski definition) is 1. The molecule has 0 atom stereocenters. The Balaban J connectivity index is 1.91. The fraction of sp³-hybridized carbons (Fsp3) is 0.227. The normalized spacial score (nSPS) is 10.4. The van der Waals surface area contributed by atoms with E-state index >= 15 is 0 Å². The first-order chi connectivity index (χ1) is 13.0. The van der Waals surface area contributed by atoms with Crippen LogP contribution in [-0.4, -0.2) is 10.2 Å². The van der Waals surface area contributed by atoms with E-state index in [4.69, 9.17) is 10.00 Å². The maximum atomic E-state index is 11.5. The average molecular weight is 359 g/mol. The van der Waals surface area contributed by atoms with Crippen molar-refractivity contribution in [2.24, 2.45) is 0 Å². The van der Waals surface area contributed by atoms with E-state index in [1.165, 1.54) is 0 Å². The van der Waals surface area contributed by atoms with Gasteiger partial charge in [-0.15, -0.1) is 0 Å². The van der Waals surface area contributed by atoms with Crippen molar-refractivity contribution >= 4 is 0 Å². The lowest BCUT2D eigenvalue weighted by Gasteiger charge is -2.13. The number of aromatic amines is 1. The minimum absolute atomic E-state index is 0.170. The zero-order valence-corrected chi connectivity index (χ0v) is 15.7. The summed E-state index contributed by atoms with van der Waals surface area (Å²) in [5.41, 5.74) is 4.95. The van der Waals surface area contributed by atoms with Gasteiger partial charge in [-0.25, -0.2) is 5.10 Å². The third-order valence-electron chi connectivity index (χ3n) is 4.35. The van der Waals surface area contributed by atoms with E-state index in [9.17, 15) is 4.79 Å². The number of benzene rings is 2. The van der Waals surface area contributed by atoms with Gasteiger partial charge in [-0.1, -0.05) is 19.1 Å². The Hall–Kier alpha value is -3.39. The lowest BCUT2D eigenvalue weighted by atomic mass is 10.0. The van der Waals surface area contributed by atoms with Gasteiger partial charge in [0.25, 0.3) is 5.56 Å². The number of aryl methyl sites for hydroxylation is 3. The highest BCUT2D eigenvalue weighted by Gasteiger charge is 2.09. The number of nitrogens with one attached hydrogen (secondary N) is 1. The van der Waals surface area contributed by atoms with Crippen molar-refractivity contribution in [3.63, 3.8) is 0 Å². The zero-order valence-electron chi connectivity index (χ0n) is 15.7. The molecule has 136 valence electrons. The molecule has 3 aromatic rings. The summed E-state index contributed by atoms with van der Waals surface area (Å²) in [4.78, 5) is 11.5. The van der Waals surface area contributed by atoms with E-state index in [0.717, 1.165) is 34.6 Å². The van der Waals surface area contributed by atoms with Crippen LogP contribution in [0.15, 0.2) is 47.3 Å². The lowest BCUT2D eigenvalue weighted by molar-refractivity contribution is 0.475. The molecule has 1 N–H and O–H groups in total. The molecule has 0 aliphatic carbocycles. The van der Waals surface area contributed by atoms with E-state index in [1.807, 2.05) is 37.3 Å². The Morgan fingerprint density at radius 3 is 2.67 bits per heavy atom. The summed E-state index contributed by atoms with van der Waals surface area (Å²) in [5.74, 6) is 1.42. The summed E-state index contributed by atoms with van der Waals surface area (Å²) in [6.07, 6.45) is 1.43. The molecule has 3 rings (SSSR count). The number of H-pyrrole nitrogens is 1. The average Bonchev–Trinajstić information content (AvgIpc) is 2.64. The van der Waals surface area contributed by atoms with Gasteiger partial charge in [-0.3, -0.25) is 4.79 Å². The molecule has 5 heteroatoms. The molecule has 27 heavy (non-hydrogen) atoms. The van der Waals surface area contributed by atoms with E-state index < -0.39 is 0 Å². The predicted octanol–water partition coefficient (Wildman–Crippen LogP) is 4.20. The second-order valence-corrected chi connectivity index (χ2v) is 6.59.